The van der Waals surface area contributed by atoms with E-state index in [2.05, 4.69) is 96.8 Å². The van der Waals surface area contributed by atoms with E-state index in [9.17, 15) is 0 Å². The third kappa shape index (κ3) is 2.88. The quantitative estimate of drug-likeness (QED) is 0.313. The van der Waals surface area contributed by atoms with E-state index in [-0.39, 0.29) is 0 Å². The topological polar surface area (TPSA) is 12.9 Å². The highest BCUT2D eigenvalue weighted by Crippen LogP contribution is 2.33. The lowest BCUT2D eigenvalue weighted by Gasteiger charge is -2.10. The van der Waals surface area contributed by atoms with E-state index in [4.69, 9.17) is 0 Å². The first-order valence-electron chi connectivity index (χ1n) is 9.22. The SMILES string of the molecule is Cc1cncc(-c2ccc(-c3cccc4cc5ccccc5cc34)cc2)c1. The molecule has 0 saturated heterocycles. The van der Waals surface area contributed by atoms with Gasteiger partial charge in [0.05, 0.1) is 0 Å². The Hall–Kier alpha value is -3.45. The molecule has 0 radical (unpaired) electrons. The van der Waals surface area contributed by atoms with Crippen LogP contribution >= 0.6 is 0 Å². The highest BCUT2D eigenvalue weighted by atomic mass is 14.6. The molecule has 0 saturated carbocycles. The molecule has 0 unspecified atom stereocenters. The van der Waals surface area contributed by atoms with E-state index in [1.807, 2.05) is 12.4 Å². The smallest absolute Gasteiger partial charge is 0.0346 e. The van der Waals surface area contributed by atoms with Crippen LogP contribution < -0.4 is 0 Å². The van der Waals surface area contributed by atoms with E-state index in [0.29, 0.717) is 0 Å². The highest BCUT2D eigenvalue weighted by molar-refractivity contribution is 6.05. The molecule has 0 amide bonds. The molecule has 4 aromatic carbocycles. The van der Waals surface area contributed by atoms with Crippen LogP contribution in [0, 0.1) is 6.92 Å². The first-order valence-corrected chi connectivity index (χ1v) is 9.22. The normalized spacial score (nSPS) is 11.1. The summed E-state index contributed by atoms with van der Waals surface area (Å²) in [6.45, 7) is 2.07. The second-order valence-electron chi connectivity index (χ2n) is 7.05. The summed E-state index contributed by atoms with van der Waals surface area (Å²) in [5.74, 6) is 0. The molecular formula is C26H19N. The van der Waals surface area contributed by atoms with Crippen molar-refractivity contribution >= 4 is 21.5 Å². The van der Waals surface area contributed by atoms with Gasteiger partial charge in [0.1, 0.15) is 0 Å². The standard InChI is InChI=1S/C26H19N/c1-18-13-24(17-27-16-18)19-9-11-20(12-10-19)25-8-4-7-23-14-21-5-2-3-6-22(21)15-26(23)25/h2-17H,1H3. The van der Waals surface area contributed by atoms with Gasteiger partial charge in [0.2, 0.25) is 0 Å². The van der Waals surface area contributed by atoms with Crippen molar-refractivity contribution in [3.8, 4) is 22.3 Å². The van der Waals surface area contributed by atoms with Crippen molar-refractivity contribution in [3.63, 3.8) is 0 Å². The summed E-state index contributed by atoms with van der Waals surface area (Å²) in [5, 5.41) is 5.13. The van der Waals surface area contributed by atoms with Crippen LogP contribution in [0.15, 0.2) is 97.3 Å². The lowest BCUT2D eigenvalue weighted by atomic mass is 9.94. The van der Waals surface area contributed by atoms with Crippen molar-refractivity contribution in [1.82, 2.24) is 4.98 Å². The van der Waals surface area contributed by atoms with Gasteiger partial charge in [-0.25, -0.2) is 0 Å². The summed E-state index contributed by atoms with van der Waals surface area (Å²) in [4.78, 5) is 4.31. The first-order chi connectivity index (χ1) is 13.3. The van der Waals surface area contributed by atoms with E-state index in [0.717, 1.165) is 5.56 Å². The largest absolute Gasteiger partial charge is 0.264 e. The van der Waals surface area contributed by atoms with Crippen molar-refractivity contribution in [2.45, 2.75) is 6.92 Å². The van der Waals surface area contributed by atoms with Crippen LogP contribution in [0.2, 0.25) is 0 Å². The van der Waals surface area contributed by atoms with Crippen molar-refractivity contribution < 1.29 is 0 Å². The van der Waals surface area contributed by atoms with E-state index in [1.165, 1.54) is 43.8 Å². The molecule has 1 nitrogen and oxygen atoms in total. The second kappa shape index (κ2) is 6.37. The number of aromatic nitrogens is 1. The van der Waals surface area contributed by atoms with Crippen molar-refractivity contribution in [2.24, 2.45) is 0 Å². The minimum absolute atomic E-state index is 1.16. The van der Waals surface area contributed by atoms with Gasteiger partial charge in [0, 0.05) is 18.0 Å². The number of benzene rings is 4. The fraction of sp³-hybridized carbons (Fsp3) is 0.0385. The van der Waals surface area contributed by atoms with Crippen molar-refractivity contribution in [1.29, 1.82) is 0 Å². The number of nitrogens with zero attached hydrogens (tertiary/aromatic N) is 1. The van der Waals surface area contributed by atoms with Crippen LogP contribution in [0.4, 0.5) is 0 Å². The van der Waals surface area contributed by atoms with Gasteiger partial charge >= 0.3 is 0 Å². The van der Waals surface area contributed by atoms with Crippen LogP contribution in [-0.2, 0) is 0 Å². The fourth-order valence-electron chi connectivity index (χ4n) is 3.77. The van der Waals surface area contributed by atoms with Gasteiger partial charge in [-0.1, -0.05) is 66.7 Å². The minimum Gasteiger partial charge on any atom is -0.264 e. The Bertz CT molecular complexity index is 1270. The highest BCUT2D eigenvalue weighted by Gasteiger charge is 2.06. The molecule has 5 rings (SSSR count). The number of hydrogen-bond donors (Lipinski definition) is 0. The lowest BCUT2D eigenvalue weighted by Crippen LogP contribution is -1.85. The molecule has 27 heavy (non-hydrogen) atoms. The molecule has 0 fully saturated rings. The van der Waals surface area contributed by atoms with Crippen LogP contribution in [0.3, 0.4) is 0 Å². The lowest BCUT2D eigenvalue weighted by molar-refractivity contribution is 1.27. The number of aryl methyl sites for hydroxylation is 1. The molecule has 128 valence electrons. The zero-order valence-corrected chi connectivity index (χ0v) is 15.2. The number of rotatable bonds is 2. The first kappa shape index (κ1) is 15.8. The Morgan fingerprint density at radius 1 is 0.556 bits per heavy atom. The second-order valence-corrected chi connectivity index (χ2v) is 7.05. The van der Waals surface area contributed by atoms with Gasteiger partial charge in [-0.15, -0.1) is 0 Å². The summed E-state index contributed by atoms with van der Waals surface area (Å²) in [7, 11) is 0. The third-order valence-electron chi connectivity index (χ3n) is 5.15. The summed E-state index contributed by atoms with van der Waals surface area (Å²) in [6.07, 6.45) is 3.81. The average molecular weight is 345 g/mol. The van der Waals surface area contributed by atoms with Crippen LogP contribution in [0.25, 0.3) is 43.8 Å². The van der Waals surface area contributed by atoms with E-state index >= 15 is 0 Å². The molecule has 0 aliphatic heterocycles. The molecule has 0 bridgehead atoms. The Morgan fingerprint density at radius 2 is 1.26 bits per heavy atom. The zero-order valence-electron chi connectivity index (χ0n) is 15.2. The van der Waals surface area contributed by atoms with Gasteiger partial charge in [0.15, 0.2) is 0 Å². The van der Waals surface area contributed by atoms with Crippen molar-refractivity contribution in [3.05, 3.63) is 103 Å². The Labute approximate surface area is 158 Å². The van der Waals surface area contributed by atoms with Crippen LogP contribution in [-0.4, -0.2) is 4.98 Å². The molecule has 0 spiro atoms. The predicted molar refractivity (Wildman–Crippen MR) is 115 cm³/mol. The maximum atomic E-state index is 4.31. The van der Waals surface area contributed by atoms with E-state index in [1.54, 1.807) is 0 Å². The molecule has 0 aliphatic carbocycles. The maximum absolute atomic E-state index is 4.31. The van der Waals surface area contributed by atoms with E-state index < -0.39 is 0 Å². The Balaban J connectivity index is 1.63. The molecule has 0 atom stereocenters. The summed E-state index contributed by atoms with van der Waals surface area (Å²) >= 11 is 0. The average Bonchev–Trinajstić information content (AvgIpc) is 2.72. The van der Waals surface area contributed by atoms with Crippen LogP contribution in [0.1, 0.15) is 5.56 Å². The van der Waals surface area contributed by atoms with Gasteiger partial charge in [0.25, 0.3) is 0 Å². The third-order valence-corrected chi connectivity index (χ3v) is 5.15. The molecule has 0 aliphatic rings. The maximum Gasteiger partial charge on any atom is 0.0346 e. The molecular weight excluding hydrogens is 326 g/mol. The molecule has 1 heterocycles. The molecule has 5 aromatic rings. The summed E-state index contributed by atoms with van der Waals surface area (Å²) < 4.78 is 0. The molecule has 1 heteroatoms. The zero-order chi connectivity index (χ0) is 18.2. The fourth-order valence-corrected chi connectivity index (χ4v) is 3.77. The number of fused-ring (bicyclic) bond motifs is 2. The summed E-state index contributed by atoms with van der Waals surface area (Å²) in [5.41, 5.74) is 6.04. The van der Waals surface area contributed by atoms with Gasteiger partial charge in [-0.05, 0) is 68.9 Å². The Morgan fingerprint density at radius 3 is 2.04 bits per heavy atom. The van der Waals surface area contributed by atoms with Crippen LogP contribution in [0.5, 0.6) is 0 Å². The predicted octanol–water partition coefficient (Wildman–Crippen LogP) is 7.03. The number of pyridine rings is 1. The number of hydrogen-bond acceptors (Lipinski definition) is 1. The van der Waals surface area contributed by atoms with Gasteiger partial charge in [-0.2, -0.15) is 0 Å². The van der Waals surface area contributed by atoms with Crippen molar-refractivity contribution in [2.75, 3.05) is 0 Å². The molecule has 1 aromatic heterocycles. The van der Waals surface area contributed by atoms with Gasteiger partial charge < -0.3 is 0 Å². The van der Waals surface area contributed by atoms with Gasteiger partial charge in [-0.3, -0.25) is 4.98 Å². The minimum atomic E-state index is 1.16. The summed E-state index contributed by atoms with van der Waals surface area (Å²) in [6, 6.07) is 30.6. The molecule has 0 N–H and O–H groups in total. The monoisotopic (exact) mass is 345 g/mol. The Kier molecular flexibility index (Phi) is 3.72.